The zero-order chi connectivity index (χ0) is 15.2. The second kappa shape index (κ2) is 7.49. The Bertz CT molecular complexity index is 659. The summed E-state index contributed by atoms with van der Waals surface area (Å²) in [5, 5.41) is 8.16. The van der Waals surface area contributed by atoms with Gasteiger partial charge in [0.1, 0.15) is 11.0 Å². The Morgan fingerprint density at radius 2 is 1.90 bits per heavy atom. The van der Waals surface area contributed by atoms with Gasteiger partial charge in [0.25, 0.3) is 5.91 Å². The van der Waals surface area contributed by atoms with Crippen LogP contribution in [0.4, 0.5) is 0 Å². The van der Waals surface area contributed by atoms with Gasteiger partial charge in [-0.3, -0.25) is 4.79 Å². The topological polar surface area (TPSA) is 72.2 Å². The van der Waals surface area contributed by atoms with Gasteiger partial charge in [0.15, 0.2) is 0 Å². The number of benzene rings is 2. The van der Waals surface area contributed by atoms with E-state index >= 15 is 0 Å². The molecule has 0 saturated carbocycles. The Kier molecular flexibility index (Phi) is 5.67. The van der Waals surface area contributed by atoms with Crippen molar-refractivity contribution in [1.29, 1.82) is 0 Å². The summed E-state index contributed by atoms with van der Waals surface area (Å²) in [5.74, 6) is -0.101. The summed E-state index contributed by atoms with van der Waals surface area (Å²) in [6, 6.07) is 14.5. The van der Waals surface area contributed by atoms with E-state index in [1.165, 1.54) is 0 Å². The second-order valence-corrected chi connectivity index (χ2v) is 6.44. The molecule has 0 aliphatic heterocycles. The number of hydrogen-bond acceptors (Lipinski definition) is 2. The summed E-state index contributed by atoms with van der Waals surface area (Å²) < 4.78 is 11.9. The van der Waals surface area contributed by atoms with E-state index < -0.39 is 11.0 Å². The van der Waals surface area contributed by atoms with Crippen molar-refractivity contribution in [2.75, 3.05) is 6.54 Å². The number of nitrogens with two attached hydrogens (primary N) is 1. The van der Waals surface area contributed by atoms with Crippen LogP contribution in [-0.2, 0) is 17.4 Å². The average Bonchev–Trinajstić information content (AvgIpc) is 2.47. The lowest BCUT2D eigenvalue weighted by atomic mass is 10.1. The summed E-state index contributed by atoms with van der Waals surface area (Å²) in [5.41, 5.74) is 1.68. The van der Waals surface area contributed by atoms with Crippen LogP contribution in [0.1, 0.15) is 15.9 Å². The molecule has 3 N–H and O–H groups in total. The Morgan fingerprint density at radius 1 is 1.19 bits per heavy atom. The molecule has 1 atom stereocenters. The highest BCUT2D eigenvalue weighted by atomic mass is 79.9. The predicted molar refractivity (Wildman–Crippen MR) is 87.2 cm³/mol. The third-order valence-electron chi connectivity index (χ3n) is 2.94. The van der Waals surface area contributed by atoms with Gasteiger partial charge in [0.05, 0.1) is 4.90 Å². The lowest BCUT2D eigenvalue weighted by Gasteiger charge is -2.06. The van der Waals surface area contributed by atoms with Crippen molar-refractivity contribution in [3.63, 3.8) is 0 Å². The molecular weight excluding hydrogens is 352 g/mol. The van der Waals surface area contributed by atoms with Crippen molar-refractivity contribution in [3.05, 3.63) is 64.1 Å². The first-order valence-corrected chi connectivity index (χ1v) is 8.36. The smallest absolute Gasteiger partial charge is 0.251 e. The molecular formula is C15H15BrN2O2S. The minimum atomic E-state index is -1.45. The maximum absolute atomic E-state index is 11.9. The molecule has 0 aliphatic rings. The van der Waals surface area contributed by atoms with Crippen molar-refractivity contribution in [1.82, 2.24) is 5.32 Å². The van der Waals surface area contributed by atoms with E-state index in [1.807, 2.05) is 24.3 Å². The lowest BCUT2D eigenvalue weighted by molar-refractivity contribution is 0.0954. The van der Waals surface area contributed by atoms with Gasteiger partial charge in [-0.15, -0.1) is 0 Å². The van der Waals surface area contributed by atoms with Crippen molar-refractivity contribution in [2.45, 2.75) is 11.3 Å². The molecule has 0 fully saturated rings. The first kappa shape index (κ1) is 15.9. The van der Waals surface area contributed by atoms with Crippen LogP contribution in [0.3, 0.4) is 0 Å². The minimum Gasteiger partial charge on any atom is -0.352 e. The lowest BCUT2D eigenvalue weighted by Crippen LogP contribution is -2.25. The van der Waals surface area contributed by atoms with Gasteiger partial charge < -0.3 is 5.32 Å². The van der Waals surface area contributed by atoms with Crippen LogP contribution < -0.4 is 10.5 Å². The summed E-state index contributed by atoms with van der Waals surface area (Å²) >= 11 is 3.34. The Labute approximate surface area is 134 Å². The SMILES string of the molecule is NS(=O)c1ccc(CCNC(=O)c2cccc(Br)c2)cc1. The van der Waals surface area contributed by atoms with E-state index in [1.54, 1.807) is 24.3 Å². The number of rotatable bonds is 5. The van der Waals surface area contributed by atoms with Crippen molar-refractivity contribution in [2.24, 2.45) is 5.14 Å². The van der Waals surface area contributed by atoms with Crippen LogP contribution >= 0.6 is 15.9 Å². The molecule has 0 heterocycles. The maximum atomic E-state index is 11.9. The highest BCUT2D eigenvalue weighted by molar-refractivity contribution is 9.10. The zero-order valence-electron chi connectivity index (χ0n) is 11.2. The van der Waals surface area contributed by atoms with E-state index in [0.717, 1.165) is 10.0 Å². The van der Waals surface area contributed by atoms with Crippen LogP contribution in [-0.4, -0.2) is 16.7 Å². The highest BCUT2D eigenvalue weighted by Crippen LogP contribution is 2.11. The quantitative estimate of drug-likeness (QED) is 0.852. The molecule has 0 aromatic heterocycles. The molecule has 0 bridgehead atoms. The maximum Gasteiger partial charge on any atom is 0.251 e. The molecule has 0 aliphatic carbocycles. The number of nitrogens with one attached hydrogen (secondary N) is 1. The van der Waals surface area contributed by atoms with E-state index in [0.29, 0.717) is 23.4 Å². The van der Waals surface area contributed by atoms with Gasteiger partial charge in [0, 0.05) is 16.6 Å². The molecule has 21 heavy (non-hydrogen) atoms. The van der Waals surface area contributed by atoms with Gasteiger partial charge in [-0.1, -0.05) is 34.1 Å². The van der Waals surface area contributed by atoms with Gasteiger partial charge >= 0.3 is 0 Å². The Hall–Kier alpha value is -1.50. The predicted octanol–water partition coefficient (Wildman–Crippen LogP) is 2.40. The summed E-state index contributed by atoms with van der Waals surface area (Å²) in [6.07, 6.45) is 0.706. The van der Waals surface area contributed by atoms with Crippen LogP contribution in [0.25, 0.3) is 0 Å². The minimum absolute atomic E-state index is 0.101. The van der Waals surface area contributed by atoms with Crippen molar-refractivity contribution >= 4 is 32.8 Å². The van der Waals surface area contributed by atoms with Crippen LogP contribution in [0.5, 0.6) is 0 Å². The molecule has 1 unspecified atom stereocenters. The molecule has 4 nitrogen and oxygen atoms in total. The van der Waals surface area contributed by atoms with Crippen LogP contribution in [0.2, 0.25) is 0 Å². The summed E-state index contributed by atoms with van der Waals surface area (Å²) in [4.78, 5) is 12.5. The number of amides is 1. The number of halogens is 1. The molecule has 0 radical (unpaired) electrons. The first-order valence-electron chi connectivity index (χ1n) is 6.35. The Morgan fingerprint density at radius 3 is 2.52 bits per heavy atom. The first-order chi connectivity index (χ1) is 10.1. The second-order valence-electron chi connectivity index (χ2n) is 4.46. The molecule has 1 amide bonds. The largest absolute Gasteiger partial charge is 0.352 e. The Balaban J connectivity index is 1.86. The zero-order valence-corrected chi connectivity index (χ0v) is 13.6. The van der Waals surface area contributed by atoms with Crippen LogP contribution in [0, 0.1) is 0 Å². The number of carbonyl (C=O) groups is 1. The van der Waals surface area contributed by atoms with E-state index in [9.17, 15) is 9.00 Å². The molecule has 2 aromatic rings. The van der Waals surface area contributed by atoms with E-state index in [-0.39, 0.29) is 5.91 Å². The molecule has 6 heteroatoms. The normalized spacial score (nSPS) is 11.9. The van der Waals surface area contributed by atoms with E-state index in [4.69, 9.17) is 5.14 Å². The molecule has 0 saturated heterocycles. The standard InChI is InChI=1S/C15H15BrN2O2S/c16-13-3-1-2-12(10-13)15(19)18-9-8-11-4-6-14(7-5-11)21(17)20/h1-7,10H,8-9,17H2,(H,18,19). The number of hydrogen-bond donors (Lipinski definition) is 2. The van der Waals surface area contributed by atoms with Gasteiger partial charge in [-0.25, -0.2) is 9.35 Å². The van der Waals surface area contributed by atoms with Crippen LogP contribution in [0.15, 0.2) is 57.9 Å². The third kappa shape index (κ3) is 4.77. The van der Waals surface area contributed by atoms with E-state index in [2.05, 4.69) is 21.2 Å². The fourth-order valence-electron chi connectivity index (χ4n) is 1.84. The fourth-order valence-corrected chi connectivity index (χ4v) is 2.65. The van der Waals surface area contributed by atoms with Crippen molar-refractivity contribution < 1.29 is 9.00 Å². The summed E-state index contributed by atoms with van der Waals surface area (Å²) in [6.45, 7) is 0.538. The molecule has 110 valence electrons. The molecule has 2 rings (SSSR count). The molecule has 2 aromatic carbocycles. The van der Waals surface area contributed by atoms with Gasteiger partial charge in [-0.2, -0.15) is 0 Å². The monoisotopic (exact) mass is 366 g/mol. The third-order valence-corrected chi connectivity index (χ3v) is 4.17. The summed E-state index contributed by atoms with van der Waals surface area (Å²) in [7, 11) is -1.45. The fraction of sp³-hybridized carbons (Fsp3) is 0.133. The van der Waals surface area contributed by atoms with Crippen molar-refractivity contribution in [3.8, 4) is 0 Å². The molecule has 0 spiro atoms. The van der Waals surface area contributed by atoms with Gasteiger partial charge in [-0.05, 0) is 42.3 Å². The number of carbonyl (C=O) groups excluding carboxylic acids is 1. The average molecular weight is 367 g/mol. The van der Waals surface area contributed by atoms with Gasteiger partial charge in [0.2, 0.25) is 0 Å². The highest BCUT2D eigenvalue weighted by Gasteiger charge is 2.05.